The van der Waals surface area contributed by atoms with E-state index in [0.717, 1.165) is 5.39 Å². The SMILES string of the molecule is O=C1Nc2cccc3cc([N+](=O)[O-])cc1c23. The van der Waals surface area contributed by atoms with Crippen molar-refractivity contribution in [3.63, 3.8) is 0 Å². The molecule has 0 saturated heterocycles. The average molecular weight is 214 g/mol. The zero-order valence-electron chi connectivity index (χ0n) is 8.06. The van der Waals surface area contributed by atoms with Gasteiger partial charge in [0.1, 0.15) is 0 Å². The zero-order chi connectivity index (χ0) is 11.3. The maximum absolute atomic E-state index is 11.6. The first-order valence-electron chi connectivity index (χ1n) is 4.69. The van der Waals surface area contributed by atoms with E-state index in [2.05, 4.69) is 5.32 Å². The summed E-state index contributed by atoms with van der Waals surface area (Å²) in [6.45, 7) is 0. The fourth-order valence-corrected chi connectivity index (χ4v) is 1.99. The van der Waals surface area contributed by atoms with Gasteiger partial charge in [-0.15, -0.1) is 0 Å². The van der Waals surface area contributed by atoms with Gasteiger partial charge >= 0.3 is 0 Å². The molecule has 0 saturated carbocycles. The van der Waals surface area contributed by atoms with Crippen LogP contribution in [0.3, 0.4) is 0 Å². The molecule has 1 N–H and O–H groups in total. The van der Waals surface area contributed by atoms with Crippen LogP contribution in [0.2, 0.25) is 0 Å². The topological polar surface area (TPSA) is 72.2 Å². The third kappa shape index (κ3) is 1.02. The molecule has 5 nitrogen and oxygen atoms in total. The van der Waals surface area contributed by atoms with E-state index in [4.69, 9.17) is 0 Å². The number of carbonyl (C=O) groups excluding carboxylic acids is 1. The van der Waals surface area contributed by atoms with Gasteiger partial charge in [0.25, 0.3) is 11.6 Å². The van der Waals surface area contributed by atoms with Crippen molar-refractivity contribution < 1.29 is 9.72 Å². The van der Waals surface area contributed by atoms with Gasteiger partial charge in [0.15, 0.2) is 0 Å². The van der Waals surface area contributed by atoms with Crippen LogP contribution in [0, 0.1) is 10.1 Å². The van der Waals surface area contributed by atoms with Crippen LogP contribution in [0.15, 0.2) is 30.3 Å². The highest BCUT2D eigenvalue weighted by Gasteiger charge is 2.24. The van der Waals surface area contributed by atoms with Gasteiger partial charge < -0.3 is 5.32 Å². The minimum Gasteiger partial charge on any atom is -0.321 e. The van der Waals surface area contributed by atoms with Gasteiger partial charge in [-0.05, 0) is 11.5 Å². The first kappa shape index (κ1) is 8.84. The Bertz CT molecular complexity index is 649. The van der Waals surface area contributed by atoms with Crippen molar-refractivity contribution in [1.29, 1.82) is 0 Å². The third-order valence-corrected chi connectivity index (χ3v) is 2.67. The molecule has 1 aliphatic rings. The molecule has 2 aromatic rings. The van der Waals surface area contributed by atoms with Crippen LogP contribution in [-0.4, -0.2) is 10.8 Å². The first-order valence-corrected chi connectivity index (χ1v) is 4.69. The standard InChI is InChI=1S/C11H6N2O3/c14-11-8-5-7(13(15)16)4-6-2-1-3-9(12-11)10(6)8/h1-5H,(H,12,14). The van der Waals surface area contributed by atoms with E-state index < -0.39 is 4.92 Å². The van der Waals surface area contributed by atoms with E-state index in [-0.39, 0.29) is 11.6 Å². The molecule has 1 heterocycles. The van der Waals surface area contributed by atoms with Crippen LogP contribution >= 0.6 is 0 Å². The summed E-state index contributed by atoms with van der Waals surface area (Å²) in [4.78, 5) is 21.8. The molecule has 1 aliphatic heterocycles. The molecule has 3 rings (SSSR count). The van der Waals surface area contributed by atoms with E-state index in [1.54, 1.807) is 18.2 Å². The van der Waals surface area contributed by atoms with Crippen molar-refractivity contribution in [2.75, 3.05) is 5.32 Å². The number of hydrogen-bond acceptors (Lipinski definition) is 3. The lowest BCUT2D eigenvalue weighted by atomic mass is 10.0. The number of non-ortho nitro benzene ring substituents is 1. The number of nitro groups is 1. The summed E-state index contributed by atoms with van der Waals surface area (Å²) in [6, 6.07) is 8.09. The summed E-state index contributed by atoms with van der Waals surface area (Å²) in [5.74, 6) is -0.282. The van der Waals surface area contributed by atoms with Crippen LogP contribution < -0.4 is 5.32 Å². The maximum atomic E-state index is 11.6. The number of hydrogen-bond donors (Lipinski definition) is 1. The van der Waals surface area contributed by atoms with Crippen LogP contribution in [0.25, 0.3) is 10.8 Å². The van der Waals surface area contributed by atoms with E-state index in [1.165, 1.54) is 12.1 Å². The Labute approximate surface area is 89.8 Å². The van der Waals surface area contributed by atoms with Crippen LogP contribution in [0.1, 0.15) is 10.4 Å². The lowest BCUT2D eigenvalue weighted by molar-refractivity contribution is -0.384. The zero-order valence-corrected chi connectivity index (χ0v) is 8.06. The van der Waals surface area contributed by atoms with Crippen LogP contribution in [0.4, 0.5) is 11.4 Å². The number of rotatable bonds is 1. The van der Waals surface area contributed by atoms with Gasteiger partial charge in [0.05, 0.1) is 10.5 Å². The highest BCUT2D eigenvalue weighted by Crippen LogP contribution is 2.35. The summed E-state index contributed by atoms with van der Waals surface area (Å²) in [5, 5.41) is 14.9. The third-order valence-electron chi connectivity index (χ3n) is 2.67. The fraction of sp³-hybridized carbons (Fsp3) is 0. The van der Waals surface area contributed by atoms with Crippen molar-refractivity contribution in [1.82, 2.24) is 0 Å². The molecule has 0 aliphatic carbocycles. The minimum atomic E-state index is -0.492. The Kier molecular flexibility index (Phi) is 1.54. The van der Waals surface area contributed by atoms with Crippen molar-refractivity contribution in [3.05, 3.63) is 46.0 Å². The van der Waals surface area contributed by atoms with Gasteiger partial charge in [-0.3, -0.25) is 14.9 Å². The Morgan fingerprint density at radius 2 is 2.06 bits per heavy atom. The van der Waals surface area contributed by atoms with Gasteiger partial charge in [0.2, 0.25) is 0 Å². The number of nitro benzene ring substituents is 1. The predicted octanol–water partition coefficient (Wildman–Crippen LogP) is 2.31. The molecule has 0 aromatic heterocycles. The summed E-state index contributed by atoms with van der Waals surface area (Å²) in [6.07, 6.45) is 0. The number of carbonyl (C=O) groups is 1. The van der Waals surface area contributed by atoms with Crippen molar-refractivity contribution in [2.24, 2.45) is 0 Å². The van der Waals surface area contributed by atoms with E-state index in [1.807, 2.05) is 0 Å². The quantitative estimate of drug-likeness (QED) is 0.584. The molecule has 0 bridgehead atoms. The number of anilines is 1. The summed E-state index contributed by atoms with van der Waals surface area (Å²) >= 11 is 0. The second kappa shape index (κ2) is 2.79. The molecule has 1 amide bonds. The average Bonchev–Trinajstić information content (AvgIpc) is 2.58. The van der Waals surface area contributed by atoms with E-state index >= 15 is 0 Å². The Balaban J connectivity index is 2.45. The number of benzene rings is 2. The van der Waals surface area contributed by atoms with E-state index in [9.17, 15) is 14.9 Å². The summed E-state index contributed by atoms with van der Waals surface area (Å²) < 4.78 is 0. The van der Waals surface area contributed by atoms with Crippen LogP contribution in [-0.2, 0) is 0 Å². The molecule has 5 heteroatoms. The Morgan fingerprint density at radius 3 is 2.81 bits per heavy atom. The smallest absolute Gasteiger partial charge is 0.270 e. The molecule has 0 fully saturated rings. The molecule has 0 atom stereocenters. The monoisotopic (exact) mass is 214 g/mol. The lowest BCUT2D eigenvalue weighted by Crippen LogP contribution is -2.04. The van der Waals surface area contributed by atoms with Gasteiger partial charge in [-0.1, -0.05) is 12.1 Å². The fourth-order valence-electron chi connectivity index (χ4n) is 1.99. The molecule has 0 unspecified atom stereocenters. The van der Waals surface area contributed by atoms with Crippen molar-refractivity contribution in [2.45, 2.75) is 0 Å². The maximum Gasteiger partial charge on any atom is 0.270 e. The normalized spacial score (nSPS) is 12.9. The van der Waals surface area contributed by atoms with Gasteiger partial charge in [0, 0.05) is 23.2 Å². The van der Waals surface area contributed by atoms with Crippen molar-refractivity contribution in [3.8, 4) is 0 Å². The highest BCUT2D eigenvalue weighted by atomic mass is 16.6. The number of nitrogens with zero attached hydrogens (tertiary/aromatic N) is 1. The number of amides is 1. The minimum absolute atomic E-state index is 0.0586. The van der Waals surface area contributed by atoms with Gasteiger partial charge in [-0.2, -0.15) is 0 Å². The molecule has 0 radical (unpaired) electrons. The molecular weight excluding hydrogens is 208 g/mol. The number of nitrogens with one attached hydrogen (secondary N) is 1. The Morgan fingerprint density at radius 1 is 1.25 bits per heavy atom. The van der Waals surface area contributed by atoms with E-state index in [0.29, 0.717) is 16.6 Å². The largest absolute Gasteiger partial charge is 0.321 e. The molecule has 16 heavy (non-hydrogen) atoms. The predicted molar refractivity (Wildman–Crippen MR) is 58.6 cm³/mol. The molecule has 2 aromatic carbocycles. The molecule has 0 spiro atoms. The molecular formula is C11H6N2O3. The Hall–Kier alpha value is -2.43. The lowest BCUT2D eigenvalue weighted by Gasteiger charge is -1.99. The van der Waals surface area contributed by atoms with Gasteiger partial charge in [-0.25, -0.2) is 0 Å². The second-order valence-electron chi connectivity index (χ2n) is 3.61. The highest BCUT2D eigenvalue weighted by molar-refractivity contribution is 6.24. The molecule has 78 valence electrons. The van der Waals surface area contributed by atoms with Crippen molar-refractivity contribution >= 4 is 28.1 Å². The summed E-state index contributed by atoms with van der Waals surface area (Å²) in [5.41, 5.74) is 1.03. The summed E-state index contributed by atoms with van der Waals surface area (Å²) in [7, 11) is 0. The first-order chi connectivity index (χ1) is 7.66. The van der Waals surface area contributed by atoms with Crippen LogP contribution in [0.5, 0.6) is 0 Å². The second-order valence-corrected chi connectivity index (χ2v) is 3.61.